The Bertz CT molecular complexity index is 929. The highest BCUT2D eigenvalue weighted by Gasteiger charge is 2.29. The molecule has 32 heavy (non-hydrogen) atoms. The predicted octanol–water partition coefficient (Wildman–Crippen LogP) is 4.02. The molecular weight excluding hydrogens is 408 g/mol. The fourth-order valence-corrected chi connectivity index (χ4v) is 4.06. The third-order valence-electron chi connectivity index (χ3n) is 5.95. The lowest BCUT2D eigenvalue weighted by atomic mass is 9.98. The largest absolute Gasteiger partial charge is 0.481 e. The second-order valence-corrected chi connectivity index (χ2v) is 8.07. The number of nitrogens with one attached hydrogen (secondary N) is 1. The minimum absolute atomic E-state index is 0.00214. The first-order chi connectivity index (χ1) is 15.4. The molecule has 0 heterocycles. The van der Waals surface area contributed by atoms with E-state index in [9.17, 15) is 14.4 Å². The maximum Gasteiger partial charge on any atom is 0.407 e. The Morgan fingerprint density at radius 3 is 2.19 bits per heavy atom. The molecule has 0 spiro atoms. The van der Waals surface area contributed by atoms with Gasteiger partial charge in [0.05, 0.1) is 6.42 Å². The van der Waals surface area contributed by atoms with Gasteiger partial charge in [-0.1, -0.05) is 55.5 Å². The summed E-state index contributed by atoms with van der Waals surface area (Å²) >= 11 is 0. The summed E-state index contributed by atoms with van der Waals surface area (Å²) in [4.78, 5) is 36.7. The number of fused-ring (bicyclic) bond motifs is 3. The molecule has 3 rings (SSSR count). The van der Waals surface area contributed by atoms with Crippen LogP contribution in [0.25, 0.3) is 11.1 Å². The molecule has 7 heteroatoms. The lowest BCUT2D eigenvalue weighted by Crippen LogP contribution is -2.37. The van der Waals surface area contributed by atoms with Gasteiger partial charge in [0.2, 0.25) is 5.91 Å². The highest BCUT2D eigenvalue weighted by atomic mass is 16.5. The highest BCUT2D eigenvalue weighted by molar-refractivity contribution is 5.79. The zero-order valence-corrected chi connectivity index (χ0v) is 18.5. The Hall–Kier alpha value is -3.35. The number of aliphatic carboxylic acids is 1. The van der Waals surface area contributed by atoms with E-state index in [1.54, 1.807) is 7.05 Å². The fourth-order valence-electron chi connectivity index (χ4n) is 4.06. The number of carboxylic acids is 1. The topological polar surface area (TPSA) is 95.9 Å². The molecule has 0 saturated heterocycles. The number of alkyl carbamates (subject to hydrolysis) is 1. The summed E-state index contributed by atoms with van der Waals surface area (Å²) in [7, 11) is 1.59. The van der Waals surface area contributed by atoms with Gasteiger partial charge in [-0.2, -0.15) is 0 Å². The Labute approximate surface area is 188 Å². The van der Waals surface area contributed by atoms with Crippen LogP contribution >= 0.6 is 0 Å². The molecular formula is C25H30N2O5. The van der Waals surface area contributed by atoms with E-state index in [1.807, 2.05) is 31.2 Å². The van der Waals surface area contributed by atoms with Gasteiger partial charge in [0.25, 0.3) is 0 Å². The van der Waals surface area contributed by atoms with Crippen molar-refractivity contribution in [3.05, 3.63) is 59.7 Å². The Kier molecular flexibility index (Phi) is 7.87. The molecule has 0 bridgehead atoms. The number of hydrogen-bond donors (Lipinski definition) is 2. The molecule has 1 unspecified atom stereocenters. The Morgan fingerprint density at radius 2 is 1.62 bits per heavy atom. The molecule has 2 aromatic carbocycles. The molecule has 7 nitrogen and oxygen atoms in total. The van der Waals surface area contributed by atoms with Crippen LogP contribution in [0.5, 0.6) is 0 Å². The molecule has 1 atom stereocenters. The zero-order chi connectivity index (χ0) is 23.1. The molecule has 0 aromatic heterocycles. The lowest BCUT2D eigenvalue weighted by molar-refractivity contribution is -0.138. The molecule has 2 aromatic rings. The van der Waals surface area contributed by atoms with Crippen LogP contribution in [0.4, 0.5) is 4.79 Å². The molecule has 2 N–H and O–H groups in total. The van der Waals surface area contributed by atoms with Gasteiger partial charge in [-0.15, -0.1) is 0 Å². The van der Waals surface area contributed by atoms with Crippen LogP contribution in [0.1, 0.15) is 49.7 Å². The van der Waals surface area contributed by atoms with Crippen molar-refractivity contribution < 1.29 is 24.2 Å². The van der Waals surface area contributed by atoms with E-state index in [1.165, 1.54) is 16.0 Å². The maximum atomic E-state index is 12.5. The van der Waals surface area contributed by atoms with Crippen molar-refractivity contribution >= 4 is 18.0 Å². The minimum atomic E-state index is -0.937. The van der Waals surface area contributed by atoms with Crippen molar-refractivity contribution in [3.8, 4) is 11.1 Å². The average molecular weight is 439 g/mol. The molecule has 0 aliphatic heterocycles. The van der Waals surface area contributed by atoms with Crippen LogP contribution in [-0.4, -0.2) is 54.2 Å². The number of carbonyl (C=O) groups is 3. The average Bonchev–Trinajstić information content (AvgIpc) is 3.12. The van der Waals surface area contributed by atoms with Gasteiger partial charge in [0, 0.05) is 32.0 Å². The van der Waals surface area contributed by atoms with E-state index in [2.05, 4.69) is 29.6 Å². The smallest absolute Gasteiger partial charge is 0.407 e. The summed E-state index contributed by atoms with van der Waals surface area (Å²) in [5, 5.41) is 11.6. The van der Waals surface area contributed by atoms with E-state index < -0.39 is 12.1 Å². The van der Waals surface area contributed by atoms with Crippen molar-refractivity contribution in [2.24, 2.45) is 0 Å². The number of ether oxygens (including phenoxy) is 1. The van der Waals surface area contributed by atoms with E-state index in [0.29, 0.717) is 12.8 Å². The normalized spacial score (nSPS) is 13.1. The SMILES string of the molecule is CCC(CCC(=O)N(C)CCC(=O)O)NC(=O)OCC1c2ccccc2-c2ccccc21. The fraction of sp³-hybridized carbons (Fsp3) is 0.400. The van der Waals surface area contributed by atoms with E-state index in [0.717, 1.165) is 11.1 Å². The van der Waals surface area contributed by atoms with Crippen molar-refractivity contribution in [1.29, 1.82) is 0 Å². The molecule has 1 aliphatic carbocycles. The first-order valence-electron chi connectivity index (χ1n) is 11.0. The standard InChI is InChI=1S/C25H30N2O5/c1-3-17(12-13-23(28)27(2)15-14-24(29)30)26-25(31)32-16-22-20-10-6-4-8-18(20)19-9-5-7-11-21(19)22/h4-11,17,22H,3,12-16H2,1-2H3,(H,26,31)(H,29,30). The number of amides is 2. The molecule has 170 valence electrons. The number of nitrogens with zero attached hydrogens (tertiary/aromatic N) is 1. The summed E-state index contributed by atoms with van der Waals surface area (Å²) in [6, 6.07) is 16.1. The monoisotopic (exact) mass is 438 g/mol. The molecule has 0 fully saturated rings. The van der Waals surface area contributed by atoms with Crippen molar-refractivity contribution in [2.45, 2.75) is 44.6 Å². The number of carboxylic acid groups (broad SMARTS) is 1. The van der Waals surface area contributed by atoms with E-state index in [4.69, 9.17) is 9.84 Å². The quantitative estimate of drug-likeness (QED) is 0.584. The number of hydrogen-bond acceptors (Lipinski definition) is 4. The molecule has 0 saturated carbocycles. The van der Waals surface area contributed by atoms with E-state index in [-0.39, 0.29) is 43.9 Å². The van der Waals surface area contributed by atoms with Crippen molar-refractivity contribution in [1.82, 2.24) is 10.2 Å². The summed E-state index contributed by atoms with van der Waals surface area (Å²) in [6.07, 6.45) is 0.786. The van der Waals surface area contributed by atoms with Gasteiger partial charge in [-0.05, 0) is 35.1 Å². The molecule has 1 aliphatic rings. The van der Waals surface area contributed by atoms with Crippen molar-refractivity contribution in [2.75, 3.05) is 20.2 Å². The van der Waals surface area contributed by atoms with Gasteiger partial charge < -0.3 is 20.1 Å². The lowest BCUT2D eigenvalue weighted by Gasteiger charge is -2.20. The first-order valence-corrected chi connectivity index (χ1v) is 11.0. The van der Waals surface area contributed by atoms with Crippen LogP contribution in [0.2, 0.25) is 0 Å². The zero-order valence-electron chi connectivity index (χ0n) is 18.5. The van der Waals surface area contributed by atoms with Crippen LogP contribution in [-0.2, 0) is 14.3 Å². The van der Waals surface area contributed by atoms with Crippen LogP contribution in [0.3, 0.4) is 0 Å². The Balaban J connectivity index is 1.51. The third kappa shape index (κ3) is 5.66. The number of carbonyl (C=O) groups excluding carboxylic acids is 2. The maximum absolute atomic E-state index is 12.5. The molecule has 2 amide bonds. The van der Waals surface area contributed by atoms with Gasteiger partial charge in [0.1, 0.15) is 6.61 Å². The van der Waals surface area contributed by atoms with E-state index >= 15 is 0 Å². The summed E-state index contributed by atoms with van der Waals surface area (Å²) in [6.45, 7) is 2.35. The second-order valence-electron chi connectivity index (χ2n) is 8.07. The van der Waals surface area contributed by atoms with Crippen LogP contribution in [0.15, 0.2) is 48.5 Å². The number of benzene rings is 2. The first kappa shape index (κ1) is 23.3. The van der Waals surface area contributed by atoms with Gasteiger partial charge in [-0.25, -0.2) is 4.79 Å². The number of rotatable bonds is 10. The summed E-state index contributed by atoms with van der Waals surface area (Å²) in [5.74, 6) is -1.08. The summed E-state index contributed by atoms with van der Waals surface area (Å²) in [5.41, 5.74) is 4.66. The van der Waals surface area contributed by atoms with Crippen LogP contribution < -0.4 is 5.32 Å². The van der Waals surface area contributed by atoms with Crippen LogP contribution in [0, 0.1) is 0 Å². The summed E-state index contributed by atoms with van der Waals surface area (Å²) < 4.78 is 5.58. The third-order valence-corrected chi connectivity index (χ3v) is 5.95. The second kappa shape index (κ2) is 10.8. The van der Waals surface area contributed by atoms with Gasteiger partial charge in [0.15, 0.2) is 0 Å². The predicted molar refractivity (Wildman–Crippen MR) is 121 cm³/mol. The minimum Gasteiger partial charge on any atom is -0.481 e. The van der Waals surface area contributed by atoms with Crippen molar-refractivity contribution in [3.63, 3.8) is 0 Å². The Morgan fingerprint density at radius 1 is 1.03 bits per heavy atom. The van der Waals surface area contributed by atoms with Gasteiger partial charge in [-0.3, -0.25) is 9.59 Å². The van der Waals surface area contributed by atoms with Gasteiger partial charge >= 0.3 is 12.1 Å². The molecule has 0 radical (unpaired) electrons. The highest BCUT2D eigenvalue weighted by Crippen LogP contribution is 2.44.